The molecule has 0 saturated heterocycles. The Morgan fingerprint density at radius 2 is 2.00 bits per heavy atom. The van der Waals surface area contributed by atoms with Crippen molar-refractivity contribution in [1.29, 1.82) is 0 Å². The largest absolute Gasteiger partial charge is 0.508 e. The summed E-state index contributed by atoms with van der Waals surface area (Å²) in [5.41, 5.74) is 2.83. The molecule has 1 unspecified atom stereocenters. The van der Waals surface area contributed by atoms with Gasteiger partial charge >= 0.3 is 11.9 Å². The predicted molar refractivity (Wildman–Crippen MR) is 62.7 cm³/mol. The Balaban J connectivity index is 2.62. The van der Waals surface area contributed by atoms with Crippen LogP contribution in [0.25, 0.3) is 0 Å². The Hall–Kier alpha value is -2.34. The fraction of sp³-hybridized carbons (Fsp3) is 0.167. The second-order valence-corrected chi connectivity index (χ2v) is 3.50. The standard InChI is InChI=1S/C12H13NO5/c1-2-11(15)18-13-10(12(16)17)7-8-3-5-9(14)6-4-8/h2-6,10,13-14H,1,7H2,(H,16,17). The average Bonchev–Trinajstić information content (AvgIpc) is 2.35. The van der Waals surface area contributed by atoms with Crippen molar-refractivity contribution in [1.82, 2.24) is 5.48 Å². The molecule has 1 atom stereocenters. The number of phenols is 1. The van der Waals surface area contributed by atoms with Gasteiger partial charge in [0.25, 0.3) is 0 Å². The van der Waals surface area contributed by atoms with Gasteiger partial charge in [-0.1, -0.05) is 18.7 Å². The highest BCUT2D eigenvalue weighted by Crippen LogP contribution is 2.11. The van der Waals surface area contributed by atoms with E-state index >= 15 is 0 Å². The number of aliphatic carboxylic acids is 1. The fourth-order valence-corrected chi connectivity index (χ4v) is 1.22. The molecule has 0 radical (unpaired) electrons. The summed E-state index contributed by atoms with van der Waals surface area (Å²) in [7, 11) is 0. The minimum Gasteiger partial charge on any atom is -0.508 e. The van der Waals surface area contributed by atoms with E-state index in [1.54, 1.807) is 12.1 Å². The van der Waals surface area contributed by atoms with Crippen LogP contribution in [0.5, 0.6) is 5.75 Å². The highest BCUT2D eigenvalue weighted by Gasteiger charge is 2.19. The third kappa shape index (κ3) is 4.26. The molecule has 3 N–H and O–H groups in total. The van der Waals surface area contributed by atoms with Crippen molar-refractivity contribution in [2.24, 2.45) is 0 Å². The van der Waals surface area contributed by atoms with Crippen LogP contribution in [0.1, 0.15) is 5.56 Å². The van der Waals surface area contributed by atoms with Crippen LogP contribution in [0, 0.1) is 0 Å². The molecular formula is C12H13NO5. The summed E-state index contributed by atoms with van der Waals surface area (Å²) in [5, 5.41) is 18.0. The number of hydrogen-bond donors (Lipinski definition) is 3. The van der Waals surface area contributed by atoms with E-state index in [4.69, 9.17) is 10.2 Å². The molecule has 1 aromatic carbocycles. The number of carbonyl (C=O) groups excluding carboxylic acids is 1. The first-order valence-electron chi connectivity index (χ1n) is 5.12. The molecule has 6 nitrogen and oxygen atoms in total. The summed E-state index contributed by atoms with van der Waals surface area (Å²) in [5.74, 6) is -1.82. The highest BCUT2D eigenvalue weighted by atomic mass is 16.7. The molecule has 0 heterocycles. The number of phenolic OH excluding ortho intramolecular Hbond substituents is 1. The zero-order valence-electron chi connectivity index (χ0n) is 9.50. The summed E-state index contributed by atoms with van der Waals surface area (Å²) in [6.07, 6.45) is 1.03. The van der Waals surface area contributed by atoms with Crippen LogP contribution in [-0.2, 0) is 20.8 Å². The maximum absolute atomic E-state index is 10.9. The monoisotopic (exact) mass is 251 g/mol. The van der Waals surface area contributed by atoms with Gasteiger partial charge < -0.3 is 15.1 Å². The first-order chi connectivity index (χ1) is 8.52. The number of rotatable bonds is 6. The molecule has 0 aliphatic rings. The molecule has 0 bridgehead atoms. The van der Waals surface area contributed by atoms with Crippen molar-refractivity contribution in [2.75, 3.05) is 0 Å². The number of hydroxylamine groups is 1. The SMILES string of the molecule is C=CC(=O)ONC(Cc1ccc(O)cc1)C(=O)O. The van der Waals surface area contributed by atoms with E-state index in [1.807, 2.05) is 0 Å². The van der Waals surface area contributed by atoms with E-state index in [2.05, 4.69) is 16.9 Å². The summed E-state index contributed by atoms with van der Waals surface area (Å²) in [6.45, 7) is 3.19. The molecule has 0 fully saturated rings. The van der Waals surface area contributed by atoms with Crippen molar-refractivity contribution in [3.8, 4) is 5.75 Å². The van der Waals surface area contributed by atoms with E-state index in [0.717, 1.165) is 6.08 Å². The van der Waals surface area contributed by atoms with E-state index in [1.165, 1.54) is 12.1 Å². The lowest BCUT2D eigenvalue weighted by atomic mass is 10.1. The number of hydrogen-bond acceptors (Lipinski definition) is 5. The Morgan fingerprint density at radius 3 is 2.50 bits per heavy atom. The number of aromatic hydroxyl groups is 1. The summed E-state index contributed by atoms with van der Waals surface area (Å²) in [6, 6.07) is 5.00. The molecule has 96 valence electrons. The van der Waals surface area contributed by atoms with Gasteiger partial charge in [-0.25, -0.2) is 4.79 Å². The second-order valence-electron chi connectivity index (χ2n) is 3.50. The third-order valence-electron chi connectivity index (χ3n) is 2.14. The van der Waals surface area contributed by atoms with Crippen LogP contribution < -0.4 is 5.48 Å². The van der Waals surface area contributed by atoms with Crippen LogP contribution in [0.2, 0.25) is 0 Å². The minimum absolute atomic E-state index is 0.0941. The quantitative estimate of drug-likeness (QED) is 0.506. The third-order valence-corrected chi connectivity index (χ3v) is 2.14. The fourth-order valence-electron chi connectivity index (χ4n) is 1.22. The zero-order valence-corrected chi connectivity index (χ0v) is 9.50. The normalized spacial score (nSPS) is 11.6. The van der Waals surface area contributed by atoms with Crippen molar-refractivity contribution in [3.05, 3.63) is 42.5 Å². The van der Waals surface area contributed by atoms with E-state index in [9.17, 15) is 9.59 Å². The maximum Gasteiger partial charge on any atom is 0.348 e. The van der Waals surface area contributed by atoms with Crippen LogP contribution in [0.4, 0.5) is 0 Å². The summed E-state index contributed by atoms with van der Waals surface area (Å²) in [4.78, 5) is 26.2. The van der Waals surface area contributed by atoms with Crippen LogP contribution in [0.3, 0.4) is 0 Å². The number of benzene rings is 1. The van der Waals surface area contributed by atoms with E-state index in [0.29, 0.717) is 5.56 Å². The number of carboxylic acid groups (broad SMARTS) is 1. The van der Waals surface area contributed by atoms with Crippen molar-refractivity contribution in [2.45, 2.75) is 12.5 Å². The van der Waals surface area contributed by atoms with E-state index < -0.39 is 18.0 Å². The molecule has 0 aliphatic carbocycles. The second kappa shape index (κ2) is 6.41. The number of carboxylic acids is 1. The van der Waals surface area contributed by atoms with Gasteiger partial charge in [0.05, 0.1) is 0 Å². The lowest BCUT2D eigenvalue weighted by molar-refractivity contribution is -0.153. The molecule has 0 spiro atoms. The summed E-state index contributed by atoms with van der Waals surface area (Å²) < 4.78 is 0. The first-order valence-corrected chi connectivity index (χ1v) is 5.12. The lowest BCUT2D eigenvalue weighted by Gasteiger charge is -2.13. The smallest absolute Gasteiger partial charge is 0.348 e. The Bertz CT molecular complexity index is 440. The maximum atomic E-state index is 10.9. The van der Waals surface area contributed by atoms with Crippen molar-refractivity contribution < 1.29 is 24.6 Å². The predicted octanol–water partition coefficient (Wildman–Crippen LogP) is 0.622. The molecule has 1 aromatic rings. The molecule has 0 aliphatic heterocycles. The van der Waals surface area contributed by atoms with Gasteiger partial charge in [0.1, 0.15) is 11.8 Å². The molecule has 1 rings (SSSR count). The van der Waals surface area contributed by atoms with E-state index in [-0.39, 0.29) is 12.2 Å². The Kier molecular flexibility index (Phi) is 4.89. The van der Waals surface area contributed by atoms with Gasteiger partial charge in [-0.05, 0) is 17.7 Å². The molecule has 6 heteroatoms. The van der Waals surface area contributed by atoms with Gasteiger partial charge in [0.2, 0.25) is 0 Å². The van der Waals surface area contributed by atoms with Crippen LogP contribution >= 0.6 is 0 Å². The number of nitrogens with one attached hydrogen (secondary N) is 1. The van der Waals surface area contributed by atoms with Gasteiger partial charge in [0, 0.05) is 12.5 Å². The van der Waals surface area contributed by atoms with Gasteiger partial charge in [0.15, 0.2) is 0 Å². The number of carbonyl (C=O) groups is 2. The molecular weight excluding hydrogens is 238 g/mol. The minimum atomic E-state index is -1.15. The summed E-state index contributed by atoms with van der Waals surface area (Å²) >= 11 is 0. The molecule has 0 saturated carbocycles. The van der Waals surface area contributed by atoms with Crippen LogP contribution in [0.15, 0.2) is 36.9 Å². The van der Waals surface area contributed by atoms with Gasteiger partial charge in [-0.3, -0.25) is 4.79 Å². The molecule has 0 aromatic heterocycles. The molecule has 18 heavy (non-hydrogen) atoms. The highest BCUT2D eigenvalue weighted by molar-refractivity contribution is 5.81. The van der Waals surface area contributed by atoms with Crippen LogP contribution in [-0.4, -0.2) is 28.2 Å². The average molecular weight is 251 g/mol. The first kappa shape index (κ1) is 13.7. The van der Waals surface area contributed by atoms with Crippen molar-refractivity contribution >= 4 is 11.9 Å². The zero-order chi connectivity index (χ0) is 13.5. The molecule has 0 amide bonds. The topological polar surface area (TPSA) is 95.9 Å². The van der Waals surface area contributed by atoms with Gasteiger partial charge in [-0.15, -0.1) is 5.48 Å². The lowest BCUT2D eigenvalue weighted by Crippen LogP contribution is -2.39. The van der Waals surface area contributed by atoms with Crippen molar-refractivity contribution in [3.63, 3.8) is 0 Å². The Morgan fingerprint density at radius 1 is 1.39 bits per heavy atom. The van der Waals surface area contributed by atoms with Gasteiger partial charge in [-0.2, -0.15) is 0 Å². The Labute approximate surface area is 103 Å².